The molecule has 2 rings (SSSR count). The number of hydrogen-bond donors (Lipinski definition) is 1. The molecule has 0 saturated heterocycles. The Labute approximate surface area is 79.2 Å². The number of nitrogen functional groups attached to an aromatic ring is 1. The highest BCUT2D eigenvalue weighted by atomic mass is 14.8. The summed E-state index contributed by atoms with van der Waals surface area (Å²) in [7, 11) is 0. The van der Waals surface area contributed by atoms with E-state index in [4.69, 9.17) is 5.73 Å². The first kappa shape index (κ1) is 8.54. The summed E-state index contributed by atoms with van der Waals surface area (Å²) in [6.45, 7) is 4.24. The van der Waals surface area contributed by atoms with E-state index in [2.05, 4.69) is 24.9 Å². The van der Waals surface area contributed by atoms with Crippen LogP contribution >= 0.6 is 0 Å². The van der Waals surface area contributed by atoms with Crippen molar-refractivity contribution in [3.63, 3.8) is 0 Å². The summed E-state index contributed by atoms with van der Waals surface area (Å²) in [6.07, 6.45) is 3.73. The molecule has 13 heavy (non-hydrogen) atoms. The summed E-state index contributed by atoms with van der Waals surface area (Å²) in [4.78, 5) is 4.29. The summed E-state index contributed by atoms with van der Waals surface area (Å²) in [5.74, 6) is 1.45. The summed E-state index contributed by atoms with van der Waals surface area (Å²) in [5, 5.41) is 0. The highest BCUT2D eigenvalue weighted by Gasteiger charge is 2.26. The van der Waals surface area contributed by atoms with Gasteiger partial charge in [0, 0.05) is 5.69 Å². The number of aryl methyl sites for hydroxylation is 1. The van der Waals surface area contributed by atoms with Crippen LogP contribution in [0.15, 0.2) is 6.07 Å². The van der Waals surface area contributed by atoms with Gasteiger partial charge in [0.25, 0.3) is 0 Å². The minimum atomic E-state index is 0.677. The quantitative estimate of drug-likeness (QED) is 0.751. The fourth-order valence-electron chi connectivity index (χ4n) is 1.97. The van der Waals surface area contributed by atoms with Crippen LogP contribution in [0.5, 0.6) is 0 Å². The second-order valence-electron chi connectivity index (χ2n) is 3.83. The number of nitrogens with zero attached hydrogens (tertiary/aromatic N) is 1. The highest BCUT2D eigenvalue weighted by molar-refractivity contribution is 5.44. The standard InChI is InChI=1S/C11H16N2/c1-3-9-7(2)13-11(12)6-10(9)8-4-5-8/h6,8H,3-5H2,1-2H3,(H2,12,13). The van der Waals surface area contributed by atoms with Crippen LogP contribution in [0.25, 0.3) is 0 Å². The monoisotopic (exact) mass is 176 g/mol. The highest BCUT2D eigenvalue weighted by Crippen LogP contribution is 2.42. The third-order valence-corrected chi connectivity index (χ3v) is 2.76. The van der Waals surface area contributed by atoms with Gasteiger partial charge in [-0.25, -0.2) is 4.98 Å². The molecule has 2 heteroatoms. The van der Waals surface area contributed by atoms with E-state index in [0.717, 1.165) is 18.0 Å². The molecule has 0 bridgehead atoms. The maximum Gasteiger partial charge on any atom is 0.123 e. The lowest BCUT2D eigenvalue weighted by atomic mass is 10.0. The minimum Gasteiger partial charge on any atom is -0.384 e. The van der Waals surface area contributed by atoms with E-state index in [1.54, 1.807) is 0 Å². The molecule has 1 aromatic heterocycles. The van der Waals surface area contributed by atoms with Crippen LogP contribution in [0.4, 0.5) is 5.82 Å². The van der Waals surface area contributed by atoms with Gasteiger partial charge in [-0.3, -0.25) is 0 Å². The number of anilines is 1. The fourth-order valence-corrected chi connectivity index (χ4v) is 1.97. The topological polar surface area (TPSA) is 38.9 Å². The smallest absolute Gasteiger partial charge is 0.123 e. The summed E-state index contributed by atoms with van der Waals surface area (Å²) < 4.78 is 0. The van der Waals surface area contributed by atoms with Crippen molar-refractivity contribution >= 4 is 5.82 Å². The first-order valence-electron chi connectivity index (χ1n) is 4.98. The zero-order valence-electron chi connectivity index (χ0n) is 8.30. The molecule has 2 nitrogen and oxygen atoms in total. The van der Waals surface area contributed by atoms with Crippen molar-refractivity contribution in [2.24, 2.45) is 0 Å². The van der Waals surface area contributed by atoms with Gasteiger partial charge >= 0.3 is 0 Å². The van der Waals surface area contributed by atoms with Gasteiger partial charge in [0.15, 0.2) is 0 Å². The molecule has 1 aliphatic carbocycles. The third-order valence-electron chi connectivity index (χ3n) is 2.76. The van der Waals surface area contributed by atoms with Crippen LogP contribution in [0.1, 0.15) is 42.5 Å². The van der Waals surface area contributed by atoms with Crippen LogP contribution < -0.4 is 5.73 Å². The van der Waals surface area contributed by atoms with E-state index in [1.807, 2.05) is 0 Å². The predicted molar refractivity (Wildman–Crippen MR) is 54.7 cm³/mol. The van der Waals surface area contributed by atoms with Crippen molar-refractivity contribution in [1.82, 2.24) is 4.98 Å². The molecule has 0 spiro atoms. The maximum absolute atomic E-state index is 5.74. The average Bonchev–Trinajstić information content (AvgIpc) is 2.85. The third kappa shape index (κ3) is 1.53. The molecule has 70 valence electrons. The Morgan fingerprint density at radius 2 is 2.23 bits per heavy atom. The van der Waals surface area contributed by atoms with Crippen molar-refractivity contribution in [3.05, 3.63) is 22.9 Å². The summed E-state index contributed by atoms with van der Waals surface area (Å²) in [6, 6.07) is 2.06. The van der Waals surface area contributed by atoms with Gasteiger partial charge in [0.2, 0.25) is 0 Å². The first-order chi connectivity index (χ1) is 6.22. The predicted octanol–water partition coefficient (Wildman–Crippen LogP) is 2.41. The molecule has 1 fully saturated rings. The molecular formula is C11H16N2. The normalized spacial score (nSPS) is 16.2. The van der Waals surface area contributed by atoms with Gasteiger partial charge < -0.3 is 5.73 Å². The lowest BCUT2D eigenvalue weighted by molar-refractivity contribution is 0.976. The van der Waals surface area contributed by atoms with E-state index < -0.39 is 0 Å². The van der Waals surface area contributed by atoms with Gasteiger partial charge in [0.1, 0.15) is 5.82 Å². The van der Waals surface area contributed by atoms with Crippen LogP contribution in [0, 0.1) is 6.92 Å². The first-order valence-corrected chi connectivity index (χ1v) is 4.98. The lowest BCUT2D eigenvalue weighted by Gasteiger charge is -2.10. The molecule has 0 aromatic carbocycles. The minimum absolute atomic E-state index is 0.677. The van der Waals surface area contributed by atoms with E-state index in [9.17, 15) is 0 Å². The van der Waals surface area contributed by atoms with Crippen molar-refractivity contribution in [2.45, 2.75) is 39.0 Å². The molecule has 0 aliphatic heterocycles. The summed E-state index contributed by atoms with van der Waals surface area (Å²) in [5.41, 5.74) is 9.72. The van der Waals surface area contributed by atoms with E-state index in [1.165, 1.54) is 24.0 Å². The molecule has 1 aliphatic rings. The summed E-state index contributed by atoms with van der Waals surface area (Å²) >= 11 is 0. The van der Waals surface area contributed by atoms with Gasteiger partial charge in [-0.15, -0.1) is 0 Å². The fraction of sp³-hybridized carbons (Fsp3) is 0.545. The van der Waals surface area contributed by atoms with E-state index >= 15 is 0 Å². The molecule has 1 aromatic rings. The maximum atomic E-state index is 5.74. The van der Waals surface area contributed by atoms with Crippen LogP contribution in [-0.2, 0) is 6.42 Å². The van der Waals surface area contributed by atoms with Crippen molar-refractivity contribution < 1.29 is 0 Å². The van der Waals surface area contributed by atoms with E-state index in [-0.39, 0.29) is 0 Å². The Kier molecular flexibility index (Phi) is 1.98. The zero-order chi connectivity index (χ0) is 9.42. The Morgan fingerprint density at radius 1 is 1.54 bits per heavy atom. The molecular weight excluding hydrogens is 160 g/mol. The van der Waals surface area contributed by atoms with Crippen molar-refractivity contribution in [1.29, 1.82) is 0 Å². The van der Waals surface area contributed by atoms with Crippen molar-refractivity contribution in [3.8, 4) is 0 Å². The Balaban J connectivity index is 2.50. The van der Waals surface area contributed by atoms with Gasteiger partial charge in [-0.1, -0.05) is 6.92 Å². The van der Waals surface area contributed by atoms with Crippen LogP contribution in [0.3, 0.4) is 0 Å². The average molecular weight is 176 g/mol. The zero-order valence-corrected chi connectivity index (χ0v) is 8.30. The van der Waals surface area contributed by atoms with Gasteiger partial charge in [0.05, 0.1) is 0 Å². The number of hydrogen-bond acceptors (Lipinski definition) is 2. The van der Waals surface area contributed by atoms with Crippen molar-refractivity contribution in [2.75, 3.05) is 5.73 Å². The van der Waals surface area contributed by atoms with Crippen LogP contribution in [0.2, 0.25) is 0 Å². The number of nitrogens with two attached hydrogens (primary N) is 1. The molecule has 1 saturated carbocycles. The van der Waals surface area contributed by atoms with Gasteiger partial charge in [-0.2, -0.15) is 0 Å². The van der Waals surface area contributed by atoms with Gasteiger partial charge in [-0.05, 0) is 49.3 Å². The second-order valence-corrected chi connectivity index (χ2v) is 3.83. The molecule has 1 heterocycles. The molecule has 0 radical (unpaired) electrons. The number of pyridine rings is 1. The Bertz CT molecular complexity index is 327. The lowest BCUT2D eigenvalue weighted by Crippen LogP contribution is -2.01. The van der Waals surface area contributed by atoms with Crippen LogP contribution in [-0.4, -0.2) is 4.98 Å². The molecule has 0 amide bonds. The second kappa shape index (κ2) is 3.02. The SMILES string of the molecule is CCc1c(C2CC2)cc(N)nc1C. The largest absolute Gasteiger partial charge is 0.384 e. The Hall–Kier alpha value is -1.05. The number of rotatable bonds is 2. The van der Waals surface area contributed by atoms with E-state index in [0.29, 0.717) is 5.82 Å². The Morgan fingerprint density at radius 3 is 2.77 bits per heavy atom. The molecule has 0 atom stereocenters. The molecule has 2 N–H and O–H groups in total. The number of aromatic nitrogens is 1. The molecule has 0 unspecified atom stereocenters.